The third-order valence-electron chi connectivity index (χ3n) is 5.12. The van der Waals surface area contributed by atoms with E-state index in [4.69, 9.17) is 12.8 Å². The zero-order chi connectivity index (χ0) is 20.8. The molecule has 1 N–H and O–H groups in total. The molecule has 1 aliphatic carbocycles. The van der Waals surface area contributed by atoms with Gasteiger partial charge in [0.15, 0.2) is 0 Å². The Bertz CT molecular complexity index is 911. The molecule has 4 rings (SSSR count). The highest BCUT2D eigenvalue weighted by molar-refractivity contribution is 8.02. The average molecular weight is 432 g/mol. The molecule has 8 nitrogen and oxygen atoms in total. The molecule has 3 heterocycles. The van der Waals surface area contributed by atoms with Crippen LogP contribution < -0.4 is 5.32 Å². The maximum atomic E-state index is 12.8. The highest BCUT2D eigenvalue weighted by atomic mass is 32.2. The molecule has 2 fully saturated rings. The van der Waals surface area contributed by atoms with E-state index in [-0.39, 0.29) is 24.6 Å². The van der Waals surface area contributed by atoms with Crippen LogP contribution in [0.15, 0.2) is 28.8 Å². The van der Waals surface area contributed by atoms with Crippen molar-refractivity contribution in [1.29, 1.82) is 0 Å². The number of carbonyl (C=O) groups excluding carboxylic acids is 4. The lowest BCUT2D eigenvalue weighted by Crippen LogP contribution is -2.71. The molecule has 0 aromatic carbocycles. The molecule has 0 bridgehead atoms. The number of nitrogens with one attached hydrogen (secondary N) is 1. The second kappa shape index (κ2) is 7.53. The number of thiophene rings is 1. The SMILES string of the molecule is [B]OC(=O)C1=C(COC(C)=O)C2(CC2)S[C@@H]2[C@H](NC(=O)Cc3cccs3)C(=O)N12. The number of hydrogen-bond acceptors (Lipinski definition) is 8. The van der Waals surface area contributed by atoms with Crippen molar-refractivity contribution < 1.29 is 28.6 Å². The van der Waals surface area contributed by atoms with E-state index < -0.39 is 34.0 Å². The lowest BCUT2D eigenvalue weighted by molar-refractivity contribution is -0.150. The molecule has 1 aromatic rings. The zero-order valence-electron chi connectivity index (χ0n) is 15.5. The number of thioether (sulfide) groups is 1. The molecule has 150 valence electrons. The topological polar surface area (TPSA) is 102 Å². The summed E-state index contributed by atoms with van der Waals surface area (Å²) in [4.78, 5) is 51.0. The Kier molecular flexibility index (Phi) is 5.20. The molecule has 29 heavy (non-hydrogen) atoms. The fraction of sp³-hybridized carbons (Fsp3) is 0.444. The van der Waals surface area contributed by atoms with Crippen molar-refractivity contribution in [3.05, 3.63) is 33.7 Å². The first kappa shape index (κ1) is 20.0. The first-order valence-corrected chi connectivity index (χ1v) is 10.7. The van der Waals surface area contributed by atoms with Crippen molar-refractivity contribution in [3.8, 4) is 0 Å². The summed E-state index contributed by atoms with van der Waals surface area (Å²) in [5.74, 6) is -2.03. The molecule has 1 spiro atoms. The number of β-lactam (4-membered cyclic amide) rings is 1. The molecule has 2 amide bonds. The molecule has 1 saturated carbocycles. The van der Waals surface area contributed by atoms with Gasteiger partial charge in [-0.1, -0.05) is 6.07 Å². The number of rotatable bonds is 6. The van der Waals surface area contributed by atoms with Crippen molar-refractivity contribution in [2.75, 3.05) is 6.61 Å². The third kappa shape index (κ3) is 3.57. The van der Waals surface area contributed by atoms with Gasteiger partial charge in [-0.15, -0.1) is 23.1 Å². The lowest BCUT2D eigenvalue weighted by atomic mass is 9.99. The standard InChI is InChI=1S/C18H17BN2O6S2/c1-9(22)26-8-11-14(17(25)27-19)21-15(24)13(16(21)29-18(11)4-5-18)20-12(23)7-10-3-2-6-28-10/h2-3,6,13,16H,4-5,7-8H2,1H3,(H,20,23)/t13-,16-/m1/s1. The maximum absolute atomic E-state index is 12.8. The molecule has 2 atom stereocenters. The first-order valence-electron chi connectivity index (χ1n) is 8.97. The van der Waals surface area contributed by atoms with Crippen molar-refractivity contribution in [2.24, 2.45) is 0 Å². The number of carbonyl (C=O) groups is 4. The summed E-state index contributed by atoms with van der Waals surface area (Å²) in [5.41, 5.74) is 0.546. The van der Waals surface area contributed by atoms with Crippen molar-refractivity contribution in [1.82, 2.24) is 10.2 Å². The minimum absolute atomic E-state index is 0.0174. The van der Waals surface area contributed by atoms with Crippen LogP contribution in [0.3, 0.4) is 0 Å². The van der Waals surface area contributed by atoms with E-state index in [9.17, 15) is 19.2 Å². The van der Waals surface area contributed by atoms with E-state index in [1.165, 1.54) is 34.9 Å². The summed E-state index contributed by atoms with van der Waals surface area (Å²) in [6, 6.07) is 2.98. The number of ether oxygens (including phenoxy) is 1. The molecular weight excluding hydrogens is 415 g/mol. The van der Waals surface area contributed by atoms with Crippen LogP contribution in [0, 0.1) is 0 Å². The monoisotopic (exact) mass is 432 g/mol. The van der Waals surface area contributed by atoms with Crippen LogP contribution in [-0.2, 0) is 35.0 Å². The molecule has 2 radical (unpaired) electrons. The lowest BCUT2D eigenvalue weighted by Gasteiger charge is -2.52. The van der Waals surface area contributed by atoms with Gasteiger partial charge in [-0.25, -0.2) is 4.79 Å². The van der Waals surface area contributed by atoms with Gasteiger partial charge in [0, 0.05) is 22.1 Å². The highest BCUT2D eigenvalue weighted by Gasteiger charge is 2.63. The van der Waals surface area contributed by atoms with Crippen LogP contribution in [0.2, 0.25) is 0 Å². The van der Waals surface area contributed by atoms with Gasteiger partial charge in [0.05, 0.1) is 6.42 Å². The minimum Gasteiger partial charge on any atom is -0.539 e. The molecule has 11 heteroatoms. The predicted octanol–water partition coefficient (Wildman–Crippen LogP) is 0.667. The Morgan fingerprint density at radius 2 is 2.14 bits per heavy atom. The van der Waals surface area contributed by atoms with E-state index in [0.717, 1.165) is 17.7 Å². The number of nitrogens with zero attached hydrogens (tertiary/aromatic N) is 1. The summed E-state index contributed by atoms with van der Waals surface area (Å²) < 4.78 is 9.10. The van der Waals surface area contributed by atoms with Crippen LogP contribution >= 0.6 is 23.1 Å². The van der Waals surface area contributed by atoms with Crippen LogP contribution in [0.4, 0.5) is 0 Å². The number of amides is 2. The van der Waals surface area contributed by atoms with Crippen LogP contribution in [0.25, 0.3) is 0 Å². The largest absolute Gasteiger partial charge is 0.539 e. The summed E-state index contributed by atoms with van der Waals surface area (Å²) in [6.07, 6.45) is 1.73. The maximum Gasteiger partial charge on any atom is 0.378 e. The summed E-state index contributed by atoms with van der Waals surface area (Å²) in [7, 11) is 5.09. The van der Waals surface area contributed by atoms with Crippen LogP contribution in [-0.4, -0.2) is 59.5 Å². The second-order valence-electron chi connectivity index (χ2n) is 7.02. The Balaban J connectivity index is 1.56. The van der Waals surface area contributed by atoms with Crippen molar-refractivity contribution in [2.45, 2.75) is 42.3 Å². The average Bonchev–Trinajstić information content (AvgIpc) is 3.27. The number of hydrogen-bond donors (Lipinski definition) is 1. The van der Waals surface area contributed by atoms with Crippen LogP contribution in [0.5, 0.6) is 0 Å². The molecule has 3 aliphatic rings. The summed E-state index contributed by atoms with van der Waals surface area (Å²) in [6.45, 7) is 1.16. The van der Waals surface area contributed by atoms with Crippen LogP contribution in [0.1, 0.15) is 24.6 Å². The second-order valence-corrected chi connectivity index (χ2v) is 9.56. The van der Waals surface area contributed by atoms with Gasteiger partial charge in [-0.3, -0.25) is 19.3 Å². The Morgan fingerprint density at radius 1 is 1.38 bits per heavy atom. The minimum atomic E-state index is -0.861. The molecular formula is C18H17BN2O6S2. The van der Waals surface area contributed by atoms with E-state index in [0.29, 0.717) is 5.57 Å². The van der Waals surface area contributed by atoms with Gasteiger partial charge in [0.25, 0.3) is 5.91 Å². The Hall–Kier alpha value is -2.27. The summed E-state index contributed by atoms with van der Waals surface area (Å²) in [5, 5.41) is 4.22. The van der Waals surface area contributed by atoms with E-state index in [1.807, 2.05) is 17.5 Å². The van der Waals surface area contributed by atoms with Crippen molar-refractivity contribution in [3.63, 3.8) is 0 Å². The van der Waals surface area contributed by atoms with Gasteiger partial charge >= 0.3 is 20.0 Å². The zero-order valence-corrected chi connectivity index (χ0v) is 17.1. The first-order chi connectivity index (χ1) is 13.9. The van der Waals surface area contributed by atoms with E-state index in [1.54, 1.807) is 0 Å². The van der Waals surface area contributed by atoms with Gasteiger partial charge in [-0.05, 0) is 24.3 Å². The fourth-order valence-corrected chi connectivity index (χ4v) is 6.04. The molecule has 1 aromatic heterocycles. The summed E-state index contributed by atoms with van der Waals surface area (Å²) >= 11 is 2.97. The van der Waals surface area contributed by atoms with Gasteiger partial charge in [-0.2, -0.15) is 0 Å². The predicted molar refractivity (Wildman–Crippen MR) is 106 cm³/mol. The quantitative estimate of drug-likeness (QED) is 0.401. The molecule has 2 aliphatic heterocycles. The molecule has 1 saturated heterocycles. The normalized spacial score (nSPS) is 23.9. The van der Waals surface area contributed by atoms with E-state index >= 15 is 0 Å². The molecule has 0 unspecified atom stereocenters. The number of fused-ring (bicyclic) bond motifs is 1. The van der Waals surface area contributed by atoms with Gasteiger partial charge in [0.2, 0.25) is 5.91 Å². The van der Waals surface area contributed by atoms with Gasteiger partial charge in [0.1, 0.15) is 23.7 Å². The third-order valence-corrected chi connectivity index (χ3v) is 7.83. The Labute approximate surface area is 176 Å². The smallest absolute Gasteiger partial charge is 0.378 e. The van der Waals surface area contributed by atoms with Crippen molar-refractivity contribution >= 4 is 54.9 Å². The van der Waals surface area contributed by atoms with E-state index in [2.05, 4.69) is 9.97 Å². The number of esters is 1. The Morgan fingerprint density at radius 3 is 2.72 bits per heavy atom. The highest BCUT2D eigenvalue weighted by Crippen LogP contribution is 2.62. The fourth-order valence-electron chi connectivity index (χ4n) is 3.60. The van der Waals surface area contributed by atoms with Gasteiger partial charge < -0.3 is 14.7 Å².